The number of carboxylic acids is 1. The van der Waals surface area contributed by atoms with Crippen LogP contribution in [-0.2, 0) is 16.1 Å². The first kappa shape index (κ1) is 20.4. The Morgan fingerprint density at radius 3 is 2.52 bits per heavy atom. The van der Waals surface area contributed by atoms with Gasteiger partial charge in [0.05, 0.1) is 24.3 Å². The smallest absolute Gasteiger partial charge is 0.338 e. The van der Waals surface area contributed by atoms with Gasteiger partial charge in [0, 0.05) is 5.69 Å². The molecule has 9 heteroatoms. The lowest BCUT2D eigenvalue weighted by atomic mass is 10.1. The molecule has 29 heavy (non-hydrogen) atoms. The largest absolute Gasteiger partial charge is 0.478 e. The van der Waals surface area contributed by atoms with E-state index in [0.29, 0.717) is 16.8 Å². The van der Waals surface area contributed by atoms with Crippen LogP contribution in [0.5, 0.6) is 0 Å². The SMILES string of the molecule is CCOC(=O)c1ccc(CN2C(=O)S[C@H](Nc3cccc(C(=O)O)c3)C2=O)cc1. The number of benzene rings is 2. The first-order valence-electron chi connectivity index (χ1n) is 8.77. The van der Waals surface area contributed by atoms with Gasteiger partial charge in [0.1, 0.15) is 0 Å². The summed E-state index contributed by atoms with van der Waals surface area (Å²) in [5.41, 5.74) is 1.59. The number of anilines is 1. The van der Waals surface area contributed by atoms with E-state index < -0.39 is 28.5 Å². The fourth-order valence-corrected chi connectivity index (χ4v) is 3.62. The second-order valence-electron chi connectivity index (χ2n) is 6.14. The Morgan fingerprint density at radius 1 is 1.14 bits per heavy atom. The van der Waals surface area contributed by atoms with E-state index in [9.17, 15) is 19.2 Å². The number of ether oxygens (including phenoxy) is 1. The van der Waals surface area contributed by atoms with Gasteiger partial charge >= 0.3 is 11.9 Å². The van der Waals surface area contributed by atoms with Crippen LogP contribution in [0.1, 0.15) is 33.2 Å². The van der Waals surface area contributed by atoms with Crippen molar-refractivity contribution in [1.82, 2.24) is 4.90 Å². The summed E-state index contributed by atoms with van der Waals surface area (Å²) in [5.74, 6) is -1.94. The van der Waals surface area contributed by atoms with Crippen LogP contribution in [-0.4, -0.2) is 45.1 Å². The first-order valence-corrected chi connectivity index (χ1v) is 9.65. The highest BCUT2D eigenvalue weighted by Gasteiger charge is 2.39. The summed E-state index contributed by atoms with van der Waals surface area (Å²) < 4.78 is 4.92. The third-order valence-electron chi connectivity index (χ3n) is 4.14. The number of nitrogens with one attached hydrogen (secondary N) is 1. The number of carbonyl (C=O) groups excluding carboxylic acids is 3. The van der Waals surface area contributed by atoms with Gasteiger partial charge in [-0.1, -0.05) is 18.2 Å². The molecule has 1 aliphatic rings. The summed E-state index contributed by atoms with van der Waals surface area (Å²) in [4.78, 5) is 48.8. The van der Waals surface area contributed by atoms with Gasteiger partial charge in [0.15, 0.2) is 5.37 Å². The molecule has 0 radical (unpaired) electrons. The predicted octanol–water partition coefficient (Wildman–Crippen LogP) is 3.20. The molecule has 1 fully saturated rings. The van der Waals surface area contributed by atoms with Crippen molar-refractivity contribution >= 4 is 40.5 Å². The Labute approximate surface area is 170 Å². The molecule has 0 unspecified atom stereocenters. The van der Waals surface area contributed by atoms with Gasteiger partial charge in [-0.2, -0.15) is 0 Å². The third kappa shape index (κ3) is 4.75. The minimum atomic E-state index is -1.08. The molecular weight excluding hydrogens is 396 g/mol. The maximum Gasteiger partial charge on any atom is 0.338 e. The second-order valence-corrected chi connectivity index (χ2v) is 7.19. The molecule has 0 saturated carbocycles. The maximum absolute atomic E-state index is 12.6. The molecule has 0 aliphatic carbocycles. The van der Waals surface area contributed by atoms with Crippen LogP contribution in [0, 0.1) is 0 Å². The summed E-state index contributed by atoms with van der Waals surface area (Å²) in [6.07, 6.45) is 0. The van der Waals surface area contributed by atoms with E-state index in [1.54, 1.807) is 43.3 Å². The van der Waals surface area contributed by atoms with Crippen LogP contribution in [0.3, 0.4) is 0 Å². The zero-order valence-electron chi connectivity index (χ0n) is 15.5. The average molecular weight is 414 g/mol. The highest BCUT2D eigenvalue weighted by Crippen LogP contribution is 2.29. The standard InChI is InChI=1S/C20H18N2O6S/c1-2-28-19(26)13-8-6-12(7-9-13)11-22-17(23)16(29-20(22)27)21-15-5-3-4-14(10-15)18(24)25/h3-10,16,21H,2,11H2,1H3,(H,24,25)/t16-/m0/s1. The second kappa shape index (κ2) is 8.78. The van der Waals surface area contributed by atoms with Crippen molar-refractivity contribution in [2.45, 2.75) is 18.8 Å². The summed E-state index contributed by atoms with van der Waals surface area (Å²) in [5, 5.41) is 10.7. The van der Waals surface area contributed by atoms with Gasteiger partial charge < -0.3 is 15.2 Å². The fourth-order valence-electron chi connectivity index (χ4n) is 2.72. The number of aromatic carboxylic acids is 1. The Hall–Kier alpha value is -3.33. The molecule has 2 N–H and O–H groups in total. The lowest BCUT2D eigenvalue weighted by molar-refractivity contribution is -0.126. The lowest BCUT2D eigenvalue weighted by Gasteiger charge is -2.15. The molecule has 0 aromatic heterocycles. The highest BCUT2D eigenvalue weighted by atomic mass is 32.2. The number of rotatable bonds is 7. The van der Waals surface area contributed by atoms with E-state index in [1.165, 1.54) is 12.1 Å². The molecule has 1 aliphatic heterocycles. The number of carbonyl (C=O) groups is 4. The summed E-state index contributed by atoms with van der Waals surface area (Å²) >= 11 is 0.830. The number of hydrogen-bond acceptors (Lipinski definition) is 7. The van der Waals surface area contributed by atoms with E-state index >= 15 is 0 Å². The van der Waals surface area contributed by atoms with Crippen molar-refractivity contribution in [2.75, 3.05) is 11.9 Å². The summed E-state index contributed by atoms with van der Waals surface area (Å²) in [6, 6.07) is 12.5. The number of hydrogen-bond donors (Lipinski definition) is 2. The Balaban J connectivity index is 1.67. The van der Waals surface area contributed by atoms with Gasteiger partial charge in [0.2, 0.25) is 0 Å². The number of thioether (sulfide) groups is 1. The van der Waals surface area contributed by atoms with Crippen LogP contribution in [0.2, 0.25) is 0 Å². The minimum absolute atomic E-state index is 0.0706. The molecular formula is C20H18N2O6S. The molecule has 2 amide bonds. The van der Waals surface area contributed by atoms with Crippen molar-refractivity contribution in [3.63, 3.8) is 0 Å². The van der Waals surface area contributed by atoms with Crippen LogP contribution < -0.4 is 5.32 Å². The van der Waals surface area contributed by atoms with E-state index in [2.05, 4.69) is 5.32 Å². The van der Waals surface area contributed by atoms with Crippen LogP contribution >= 0.6 is 11.8 Å². The molecule has 0 spiro atoms. The molecule has 0 bridgehead atoms. The lowest BCUT2D eigenvalue weighted by Crippen LogP contribution is -2.34. The van der Waals surface area contributed by atoms with Crippen molar-refractivity contribution in [3.8, 4) is 0 Å². The van der Waals surface area contributed by atoms with E-state index in [4.69, 9.17) is 9.84 Å². The molecule has 1 heterocycles. The van der Waals surface area contributed by atoms with E-state index in [0.717, 1.165) is 16.7 Å². The zero-order chi connectivity index (χ0) is 21.0. The number of nitrogens with zero attached hydrogens (tertiary/aromatic N) is 1. The molecule has 2 aromatic rings. The topological polar surface area (TPSA) is 113 Å². The van der Waals surface area contributed by atoms with E-state index in [1.807, 2.05) is 0 Å². The Kier molecular flexibility index (Phi) is 6.18. The van der Waals surface area contributed by atoms with Gasteiger partial charge in [0.25, 0.3) is 11.1 Å². The molecule has 2 aromatic carbocycles. The van der Waals surface area contributed by atoms with Crippen molar-refractivity contribution in [1.29, 1.82) is 0 Å². The predicted molar refractivity (Wildman–Crippen MR) is 107 cm³/mol. The van der Waals surface area contributed by atoms with Crippen LogP contribution in [0.4, 0.5) is 10.5 Å². The quantitative estimate of drug-likeness (QED) is 0.664. The molecule has 8 nitrogen and oxygen atoms in total. The first-order chi connectivity index (χ1) is 13.9. The minimum Gasteiger partial charge on any atom is -0.478 e. The maximum atomic E-state index is 12.6. The number of esters is 1. The molecule has 1 saturated heterocycles. The summed E-state index contributed by atoms with van der Waals surface area (Å²) in [6.45, 7) is 2.07. The van der Waals surface area contributed by atoms with Gasteiger partial charge in [-0.25, -0.2) is 9.59 Å². The summed E-state index contributed by atoms with van der Waals surface area (Å²) in [7, 11) is 0. The Morgan fingerprint density at radius 2 is 1.86 bits per heavy atom. The van der Waals surface area contributed by atoms with Crippen molar-refractivity contribution in [2.24, 2.45) is 0 Å². The normalized spacial score (nSPS) is 16.0. The number of amides is 2. The van der Waals surface area contributed by atoms with Gasteiger partial charge in [-0.15, -0.1) is 0 Å². The van der Waals surface area contributed by atoms with Crippen molar-refractivity contribution in [3.05, 3.63) is 65.2 Å². The van der Waals surface area contributed by atoms with Crippen LogP contribution in [0.15, 0.2) is 48.5 Å². The number of imide groups is 1. The van der Waals surface area contributed by atoms with Crippen LogP contribution in [0.25, 0.3) is 0 Å². The van der Waals surface area contributed by atoms with Crippen molar-refractivity contribution < 1.29 is 29.0 Å². The Bertz CT molecular complexity index is 960. The zero-order valence-corrected chi connectivity index (χ0v) is 16.3. The number of carboxylic acid groups (broad SMARTS) is 1. The monoisotopic (exact) mass is 414 g/mol. The fraction of sp³-hybridized carbons (Fsp3) is 0.200. The molecule has 3 rings (SSSR count). The third-order valence-corrected chi connectivity index (χ3v) is 5.12. The molecule has 1 atom stereocenters. The van der Waals surface area contributed by atoms with Gasteiger partial charge in [-0.3, -0.25) is 14.5 Å². The average Bonchev–Trinajstić information content (AvgIpc) is 2.96. The molecule has 150 valence electrons. The van der Waals surface area contributed by atoms with E-state index in [-0.39, 0.29) is 18.7 Å². The van der Waals surface area contributed by atoms with Gasteiger partial charge in [-0.05, 0) is 54.6 Å². The highest BCUT2D eigenvalue weighted by molar-refractivity contribution is 8.15.